The first-order valence-electron chi connectivity index (χ1n) is 44.5. The van der Waals surface area contributed by atoms with Gasteiger partial charge in [-0.25, -0.2) is 29.9 Å². The van der Waals surface area contributed by atoms with Crippen molar-refractivity contribution in [2.75, 3.05) is 225 Å². The SMILES string of the molecule is C=CC(=O)N1CC[C@H](n2c(=O)c(-c3ccccc3)nc3cnc(Nc4ccc(N5CCN(C)CC5)cc4OC)nc32)C1.COc1cc(N2CCN(C)CC2)ccc1Nc1ncc2nc(C(C)C)c(=O)n([C@H]3CCN(C(=O)/C=C/CN(C)C)C3)c2n1.Cc1cc(Nc2ncc3nc(-c4ccccc4)c(=O)n([C@H]4CCN(C(=O)/C=C/CN(C)C)C4)c3n2)ccc1N1CCN(C)CC1. The fourth-order valence-corrected chi connectivity index (χ4v) is 17.3. The highest BCUT2D eigenvalue weighted by Crippen LogP contribution is 2.37. The summed E-state index contributed by atoms with van der Waals surface area (Å²) in [5.41, 5.74) is 11.7. The van der Waals surface area contributed by atoms with Gasteiger partial charge in [0.05, 0.1) is 62.3 Å². The predicted molar refractivity (Wildman–Crippen MR) is 512 cm³/mol. The number of likely N-dealkylation sites (N-methyl/N-ethyl adjacent to an activating group) is 5. The van der Waals surface area contributed by atoms with Crippen LogP contribution in [0.3, 0.4) is 0 Å². The van der Waals surface area contributed by atoms with Gasteiger partial charge >= 0.3 is 0 Å². The van der Waals surface area contributed by atoms with Gasteiger partial charge in [-0.3, -0.25) is 42.5 Å². The Kier molecular flexibility index (Phi) is 29.1. The number of aromatic nitrogens is 12. The molecule has 0 aliphatic carbocycles. The second-order valence-electron chi connectivity index (χ2n) is 34.8. The Balaban J connectivity index is 0.000000150. The van der Waals surface area contributed by atoms with E-state index in [1.165, 1.54) is 17.3 Å². The van der Waals surface area contributed by atoms with Gasteiger partial charge in [-0.1, -0.05) is 93.2 Å². The predicted octanol–water partition coefficient (Wildman–Crippen LogP) is 9.57. The van der Waals surface area contributed by atoms with Crippen LogP contribution in [-0.2, 0) is 14.4 Å². The molecule has 6 saturated heterocycles. The van der Waals surface area contributed by atoms with E-state index in [0.29, 0.717) is 163 Å². The molecule has 0 unspecified atom stereocenters. The lowest BCUT2D eigenvalue weighted by Gasteiger charge is -2.35. The molecule has 0 bridgehead atoms. The van der Waals surface area contributed by atoms with Crippen molar-refractivity contribution in [2.24, 2.45) is 0 Å². The number of benzene rings is 5. The molecule has 11 aromatic rings. The Bertz CT molecular complexity index is 6160. The smallest absolute Gasteiger partial charge is 0.279 e. The number of methoxy groups -OCH3 is 2. The number of anilines is 9. The number of piperazine rings is 3. The van der Waals surface area contributed by atoms with E-state index in [0.717, 1.165) is 107 Å². The van der Waals surface area contributed by atoms with Gasteiger partial charge in [0.25, 0.3) is 16.7 Å². The average Bonchev–Trinajstić information content (AvgIpc) is 1.27. The second-order valence-corrected chi connectivity index (χ2v) is 34.8. The van der Waals surface area contributed by atoms with Gasteiger partial charge in [0.15, 0.2) is 16.9 Å². The maximum Gasteiger partial charge on any atom is 0.279 e. The lowest BCUT2D eigenvalue weighted by molar-refractivity contribution is -0.125. The Hall–Kier alpha value is -13.4. The highest BCUT2D eigenvalue weighted by Gasteiger charge is 2.35. The zero-order chi connectivity index (χ0) is 91.4. The van der Waals surface area contributed by atoms with Crippen LogP contribution < -0.4 is 56.8 Å². The molecular formula is C96H118N26O8. The second kappa shape index (κ2) is 41.3. The van der Waals surface area contributed by atoms with Crippen LogP contribution in [0.4, 0.5) is 52.0 Å². The fourth-order valence-electron chi connectivity index (χ4n) is 17.3. The number of hydrogen-bond acceptors (Lipinski definition) is 28. The van der Waals surface area contributed by atoms with Crippen molar-refractivity contribution < 1.29 is 23.9 Å². The summed E-state index contributed by atoms with van der Waals surface area (Å²) in [5, 5.41) is 9.92. The minimum Gasteiger partial charge on any atom is -0.494 e. The Morgan fingerprint density at radius 1 is 0.462 bits per heavy atom. The molecule has 6 aliphatic heterocycles. The monoisotopic (exact) mass is 1760 g/mol. The number of ether oxygens (including phenoxy) is 2. The molecule has 0 radical (unpaired) electrons. The van der Waals surface area contributed by atoms with E-state index in [4.69, 9.17) is 29.4 Å². The first-order valence-corrected chi connectivity index (χ1v) is 44.5. The third kappa shape index (κ3) is 21.3. The van der Waals surface area contributed by atoms with Crippen LogP contribution in [0.15, 0.2) is 185 Å². The van der Waals surface area contributed by atoms with Gasteiger partial charge in [-0.2, -0.15) is 15.0 Å². The van der Waals surface area contributed by atoms with E-state index in [1.54, 1.807) is 73.4 Å². The zero-order valence-electron chi connectivity index (χ0n) is 76.4. The molecule has 0 saturated carbocycles. The highest BCUT2D eigenvalue weighted by atomic mass is 16.5. The van der Waals surface area contributed by atoms with Gasteiger partial charge in [0.2, 0.25) is 35.6 Å². The largest absolute Gasteiger partial charge is 0.494 e. The number of hydrogen-bond donors (Lipinski definition) is 3. The van der Waals surface area contributed by atoms with Crippen LogP contribution in [0.1, 0.15) is 68.4 Å². The van der Waals surface area contributed by atoms with Crippen LogP contribution in [-0.4, -0.2) is 310 Å². The molecule has 5 aromatic carbocycles. The van der Waals surface area contributed by atoms with Crippen LogP contribution in [0, 0.1) is 6.92 Å². The molecule has 34 nitrogen and oxygen atoms in total. The molecule has 6 aliphatic rings. The minimum atomic E-state index is -0.269. The number of nitrogens with one attached hydrogen (secondary N) is 3. The fraction of sp³-hybridized carbons (Fsp3) is 0.406. The van der Waals surface area contributed by atoms with E-state index >= 15 is 0 Å². The number of likely N-dealkylation sites (tertiary alicyclic amines) is 3. The molecule has 130 heavy (non-hydrogen) atoms. The van der Waals surface area contributed by atoms with E-state index in [9.17, 15) is 28.8 Å². The van der Waals surface area contributed by atoms with Gasteiger partial charge in [0.1, 0.15) is 45.1 Å². The Morgan fingerprint density at radius 2 is 0.846 bits per heavy atom. The summed E-state index contributed by atoms with van der Waals surface area (Å²) < 4.78 is 16.6. The zero-order valence-corrected chi connectivity index (χ0v) is 76.4. The number of amides is 3. The van der Waals surface area contributed by atoms with Crippen molar-refractivity contribution in [3.8, 4) is 34.0 Å². The maximum atomic E-state index is 14.1. The number of rotatable bonds is 24. The number of carbonyl (C=O) groups excluding carboxylic acids is 3. The first kappa shape index (κ1) is 91.3. The van der Waals surface area contributed by atoms with Gasteiger partial charge < -0.3 is 79.3 Å². The number of nitrogens with zero attached hydrogens (tertiary/aromatic N) is 23. The number of aryl methyl sites for hydroxylation is 1. The molecule has 6 aromatic heterocycles. The van der Waals surface area contributed by atoms with Crippen molar-refractivity contribution in [3.63, 3.8) is 0 Å². The van der Waals surface area contributed by atoms with Crippen LogP contribution in [0.5, 0.6) is 11.5 Å². The van der Waals surface area contributed by atoms with E-state index in [2.05, 4.69) is 129 Å². The molecule has 17 rings (SSSR count). The first-order chi connectivity index (χ1) is 62.8. The highest BCUT2D eigenvalue weighted by molar-refractivity contribution is 5.89. The lowest BCUT2D eigenvalue weighted by atomic mass is 10.1. The van der Waals surface area contributed by atoms with Crippen molar-refractivity contribution in [1.82, 2.24) is 97.8 Å². The van der Waals surface area contributed by atoms with Gasteiger partial charge in [-0.15, -0.1) is 0 Å². The molecule has 0 spiro atoms. The molecule has 3 amide bonds. The normalized spacial score (nSPS) is 17.7. The van der Waals surface area contributed by atoms with Crippen LogP contribution in [0.2, 0.25) is 0 Å². The molecule has 680 valence electrons. The van der Waals surface area contributed by atoms with Gasteiger partial charge in [0, 0.05) is 195 Å². The summed E-state index contributed by atoms with van der Waals surface area (Å²) in [5.74, 6) is 2.04. The Labute approximate surface area is 757 Å². The topological polar surface area (TPSA) is 323 Å². The van der Waals surface area contributed by atoms with Crippen molar-refractivity contribution in [2.45, 2.75) is 64.1 Å². The minimum absolute atomic E-state index is 0.0519. The summed E-state index contributed by atoms with van der Waals surface area (Å²) in [7, 11) is 17.5. The van der Waals surface area contributed by atoms with Gasteiger partial charge in [-0.05, 0) is 130 Å². The van der Waals surface area contributed by atoms with Crippen molar-refractivity contribution in [3.05, 3.63) is 213 Å². The summed E-state index contributed by atoms with van der Waals surface area (Å²) >= 11 is 0. The number of fused-ring (bicyclic) bond motifs is 3. The average molecular weight is 1760 g/mol. The lowest BCUT2D eigenvalue weighted by Crippen LogP contribution is -2.44. The summed E-state index contributed by atoms with van der Waals surface area (Å²) in [6.07, 6.45) is 15.1. The van der Waals surface area contributed by atoms with Crippen molar-refractivity contribution in [1.29, 1.82) is 0 Å². The summed E-state index contributed by atoms with van der Waals surface area (Å²) in [4.78, 5) is 146. The molecule has 6 fully saturated rings. The standard InChI is InChI=1S/C34H41N9O2.C31H43N9O3.C31H34N8O3/c1-24-21-26(12-13-29(24)41-19-17-40(4)18-20-41)36-34-35-22-28-32(38-34)43(33(45)31(37-28)25-9-6-5-7-10-25)27-14-16-42(23-27)30(44)11-8-15-39(2)3;1-21(2)28-30(42)40(23-11-13-39(20-23)27(41)8-7-12-36(3)4)29-25(33-28)19-32-31(35-29)34-24-10-9-22(18-26(24)43-6)38-16-14-37(5)15-17-38;1-4-27(40)38-13-12-23(20-38)39-29-25(33-28(30(39)41)21-8-6-5-7-9-21)19-32-31(35-29)34-24-11-10-22(18-26(24)42-3)37-16-14-36(2)15-17-37/h5-13,21-22,27H,14-20,23H2,1-4H3,(H,35,36,38);7-10,18-19,21,23H,11-17,20H2,1-6H3,(H,32,34,35);4-11,18-19,23H,1,12-17,20H2,2-3H3,(H,32,34,35)/b11-8+;8-7+;/t27-;2*23-/m000/s1. The molecular weight excluding hydrogens is 1650 g/mol. The summed E-state index contributed by atoms with van der Waals surface area (Å²) in [6, 6.07) is 36.5. The molecule has 3 N–H and O–H groups in total. The molecule has 12 heterocycles. The van der Waals surface area contributed by atoms with Crippen molar-refractivity contribution >= 4 is 103 Å². The molecule has 34 heteroatoms. The number of carbonyl (C=O) groups is 3. The quantitative estimate of drug-likeness (QED) is 0.0474. The third-order valence-corrected chi connectivity index (χ3v) is 24.6. The molecule has 3 atom stereocenters. The Morgan fingerprint density at radius 3 is 1.23 bits per heavy atom. The van der Waals surface area contributed by atoms with E-state index in [1.807, 2.05) is 155 Å². The van der Waals surface area contributed by atoms with Crippen LogP contribution in [0.25, 0.3) is 56.0 Å². The third-order valence-electron chi connectivity index (χ3n) is 24.6. The summed E-state index contributed by atoms with van der Waals surface area (Å²) in [6.45, 7) is 25.9. The van der Waals surface area contributed by atoms with E-state index in [-0.39, 0.29) is 58.4 Å². The van der Waals surface area contributed by atoms with Crippen LogP contribution >= 0.6 is 0 Å². The van der Waals surface area contributed by atoms with E-state index < -0.39 is 0 Å². The maximum absolute atomic E-state index is 14.1.